The molecule has 2 unspecified atom stereocenters. The van der Waals surface area contributed by atoms with Gasteiger partial charge in [-0.25, -0.2) is 14.4 Å². The Labute approximate surface area is 273 Å². The van der Waals surface area contributed by atoms with Crippen molar-refractivity contribution in [1.29, 1.82) is 0 Å². The first-order chi connectivity index (χ1) is 22.5. The van der Waals surface area contributed by atoms with E-state index in [1.807, 2.05) is 0 Å². The summed E-state index contributed by atoms with van der Waals surface area (Å²) < 4.78 is 15.4. The Morgan fingerprint density at radius 1 is 0.617 bits per heavy atom. The van der Waals surface area contributed by atoms with E-state index in [9.17, 15) is 14.4 Å². The number of hydrogen-bond acceptors (Lipinski definition) is 12. The summed E-state index contributed by atoms with van der Waals surface area (Å²) in [6, 6.07) is 20.2. The Bertz CT molecular complexity index is 1650. The molecule has 4 aromatic rings. The molecule has 3 aromatic carbocycles. The minimum atomic E-state index is -0.445. The molecule has 244 valence electrons. The largest absolute Gasteiger partial charge is 0.465 e. The van der Waals surface area contributed by atoms with Crippen LogP contribution in [0.1, 0.15) is 71.1 Å². The number of aromatic nitrogens is 3. The first-order valence-electron chi connectivity index (χ1n) is 15.3. The molecule has 0 bridgehead atoms. The van der Waals surface area contributed by atoms with E-state index >= 15 is 0 Å². The second-order valence-electron chi connectivity index (χ2n) is 12.3. The lowest BCUT2D eigenvalue weighted by atomic mass is 9.71. The molecule has 1 fully saturated rings. The first kappa shape index (κ1) is 32.9. The van der Waals surface area contributed by atoms with Gasteiger partial charge in [0.25, 0.3) is 0 Å². The summed E-state index contributed by atoms with van der Waals surface area (Å²) >= 11 is 0. The van der Waals surface area contributed by atoms with Gasteiger partial charge < -0.3 is 30.2 Å². The number of benzene rings is 3. The predicted molar refractivity (Wildman–Crippen MR) is 178 cm³/mol. The zero-order valence-corrected chi connectivity index (χ0v) is 27.0. The number of ether oxygens (including phenoxy) is 3. The van der Waals surface area contributed by atoms with Crippen LogP contribution in [0.2, 0.25) is 0 Å². The van der Waals surface area contributed by atoms with Crippen molar-refractivity contribution in [2.45, 2.75) is 46.1 Å². The maximum Gasteiger partial charge on any atom is 0.338 e. The summed E-state index contributed by atoms with van der Waals surface area (Å²) in [7, 11) is 2.64. The molecule has 0 spiro atoms. The number of rotatable bonds is 10. The molecule has 12 nitrogen and oxygen atoms in total. The topological polar surface area (TPSA) is 154 Å². The molecule has 1 saturated carbocycles. The van der Waals surface area contributed by atoms with Gasteiger partial charge in [-0.2, -0.15) is 15.0 Å². The van der Waals surface area contributed by atoms with E-state index in [-0.39, 0.29) is 35.3 Å². The molecule has 3 N–H and O–H groups in total. The number of carbonyl (C=O) groups is 3. The maximum atomic E-state index is 12.9. The SMILES string of the molecule is COC(=O)c1ccc(Nc2nc(Nc3ccc(C(=O)OC)cc3)nc(Nc3ccc(C(=O)OC4CC(C)CC(C)(C)C4)cc3)n2)cc1. The number of carbonyl (C=O) groups excluding carboxylic acids is 3. The molecular weight excluding hydrogens is 600 g/mol. The van der Waals surface area contributed by atoms with Crippen LogP contribution in [0.4, 0.5) is 34.9 Å². The number of nitrogens with one attached hydrogen (secondary N) is 3. The van der Waals surface area contributed by atoms with Crippen molar-refractivity contribution in [3.8, 4) is 0 Å². The van der Waals surface area contributed by atoms with Crippen LogP contribution in [0.25, 0.3) is 0 Å². The lowest BCUT2D eigenvalue weighted by Gasteiger charge is -2.38. The van der Waals surface area contributed by atoms with Crippen LogP contribution in [-0.2, 0) is 14.2 Å². The van der Waals surface area contributed by atoms with Gasteiger partial charge in [0, 0.05) is 17.1 Å². The van der Waals surface area contributed by atoms with Crippen LogP contribution < -0.4 is 16.0 Å². The van der Waals surface area contributed by atoms with E-state index in [0.29, 0.717) is 39.7 Å². The Morgan fingerprint density at radius 3 is 1.32 bits per heavy atom. The van der Waals surface area contributed by atoms with Gasteiger partial charge >= 0.3 is 17.9 Å². The van der Waals surface area contributed by atoms with Gasteiger partial charge in [-0.1, -0.05) is 20.8 Å². The van der Waals surface area contributed by atoms with E-state index < -0.39 is 11.9 Å². The zero-order valence-electron chi connectivity index (χ0n) is 27.0. The molecule has 0 saturated heterocycles. The summed E-state index contributed by atoms with van der Waals surface area (Å²) in [4.78, 5) is 50.1. The quantitative estimate of drug-likeness (QED) is 0.120. The Morgan fingerprint density at radius 2 is 0.979 bits per heavy atom. The summed E-state index contributed by atoms with van der Waals surface area (Å²) in [5.41, 5.74) is 3.29. The van der Waals surface area contributed by atoms with Crippen LogP contribution in [0, 0.1) is 11.3 Å². The van der Waals surface area contributed by atoms with Crippen molar-refractivity contribution in [3.63, 3.8) is 0 Å². The normalized spacial score (nSPS) is 16.8. The molecule has 0 aliphatic heterocycles. The van der Waals surface area contributed by atoms with E-state index in [0.717, 1.165) is 19.3 Å². The zero-order chi connectivity index (χ0) is 33.6. The second-order valence-corrected chi connectivity index (χ2v) is 12.3. The molecule has 0 amide bonds. The molecule has 1 aliphatic carbocycles. The molecular formula is C35H38N6O6. The van der Waals surface area contributed by atoms with E-state index in [4.69, 9.17) is 14.2 Å². The summed E-state index contributed by atoms with van der Waals surface area (Å²) in [5, 5.41) is 9.42. The Hall–Kier alpha value is -5.52. The van der Waals surface area contributed by atoms with Crippen LogP contribution in [0.3, 0.4) is 0 Å². The van der Waals surface area contributed by atoms with Gasteiger partial charge in [0.15, 0.2) is 0 Å². The van der Waals surface area contributed by atoms with Crippen molar-refractivity contribution < 1.29 is 28.6 Å². The fraction of sp³-hybridized carbons (Fsp3) is 0.314. The van der Waals surface area contributed by atoms with Crippen LogP contribution in [-0.4, -0.2) is 53.2 Å². The minimum absolute atomic E-state index is 0.102. The monoisotopic (exact) mass is 638 g/mol. The third-order valence-electron chi connectivity index (χ3n) is 7.76. The Balaban J connectivity index is 1.33. The maximum absolute atomic E-state index is 12.9. The van der Waals surface area contributed by atoms with Crippen LogP contribution >= 0.6 is 0 Å². The Kier molecular flexibility index (Phi) is 9.98. The van der Waals surface area contributed by atoms with E-state index in [2.05, 4.69) is 51.7 Å². The molecule has 1 aliphatic rings. The lowest BCUT2D eigenvalue weighted by Crippen LogP contribution is -2.33. The number of methoxy groups -OCH3 is 2. The standard InChI is InChI=1S/C35H38N6O6/c1-21-18-28(20-35(2,3)19-21)47-31(44)24-10-16-27(17-11-24)38-34-40-32(36-25-12-6-22(7-13-25)29(42)45-4)39-33(41-34)37-26-14-8-23(9-15-26)30(43)46-5/h6-17,21,28H,18-20H2,1-5H3,(H3,36,37,38,39,40,41). The van der Waals surface area contributed by atoms with Crippen molar-refractivity contribution >= 4 is 52.8 Å². The van der Waals surface area contributed by atoms with Crippen LogP contribution in [0.15, 0.2) is 72.8 Å². The average molecular weight is 639 g/mol. The molecule has 12 heteroatoms. The minimum Gasteiger partial charge on any atom is -0.465 e. The lowest BCUT2D eigenvalue weighted by molar-refractivity contribution is -0.00717. The number of nitrogens with zero attached hydrogens (tertiary/aromatic N) is 3. The number of esters is 3. The first-order valence-corrected chi connectivity index (χ1v) is 15.3. The van der Waals surface area contributed by atoms with Crippen molar-refractivity contribution in [2.75, 3.05) is 30.2 Å². The molecule has 47 heavy (non-hydrogen) atoms. The fourth-order valence-corrected chi connectivity index (χ4v) is 5.80. The van der Waals surface area contributed by atoms with Crippen molar-refractivity contribution in [3.05, 3.63) is 89.5 Å². The van der Waals surface area contributed by atoms with Crippen molar-refractivity contribution in [2.24, 2.45) is 11.3 Å². The van der Waals surface area contributed by atoms with Gasteiger partial charge in [-0.3, -0.25) is 0 Å². The van der Waals surface area contributed by atoms with Crippen LogP contribution in [0.5, 0.6) is 0 Å². The van der Waals surface area contributed by atoms with Gasteiger partial charge in [-0.15, -0.1) is 0 Å². The second kappa shape index (κ2) is 14.3. The highest BCUT2D eigenvalue weighted by atomic mass is 16.5. The average Bonchev–Trinajstić information content (AvgIpc) is 3.04. The summed E-state index contributed by atoms with van der Waals surface area (Å²) in [6.45, 7) is 6.63. The highest BCUT2D eigenvalue weighted by molar-refractivity contribution is 5.91. The van der Waals surface area contributed by atoms with E-state index in [1.165, 1.54) is 14.2 Å². The molecule has 1 aromatic heterocycles. The summed E-state index contributed by atoms with van der Waals surface area (Å²) in [6.07, 6.45) is 2.73. The van der Waals surface area contributed by atoms with Gasteiger partial charge in [0.05, 0.1) is 30.9 Å². The predicted octanol–water partition coefficient (Wildman–Crippen LogP) is 7.05. The summed E-state index contributed by atoms with van der Waals surface area (Å²) in [5.74, 6) is -0.0871. The third-order valence-corrected chi connectivity index (χ3v) is 7.76. The molecule has 5 rings (SSSR count). The molecule has 0 radical (unpaired) electrons. The highest BCUT2D eigenvalue weighted by Gasteiger charge is 2.34. The smallest absolute Gasteiger partial charge is 0.338 e. The third kappa shape index (κ3) is 8.81. The van der Waals surface area contributed by atoms with Gasteiger partial charge in [-0.05, 0) is 103 Å². The van der Waals surface area contributed by atoms with Gasteiger partial charge in [0.1, 0.15) is 6.10 Å². The number of hydrogen-bond donors (Lipinski definition) is 3. The van der Waals surface area contributed by atoms with Gasteiger partial charge in [0.2, 0.25) is 17.8 Å². The molecule has 2 atom stereocenters. The highest BCUT2D eigenvalue weighted by Crippen LogP contribution is 2.40. The van der Waals surface area contributed by atoms with E-state index in [1.54, 1.807) is 72.8 Å². The molecule has 1 heterocycles. The fourth-order valence-electron chi connectivity index (χ4n) is 5.80. The number of anilines is 6. The van der Waals surface area contributed by atoms with Crippen molar-refractivity contribution in [1.82, 2.24) is 15.0 Å².